The van der Waals surface area contributed by atoms with Crippen molar-refractivity contribution in [2.45, 2.75) is 25.7 Å². The van der Waals surface area contributed by atoms with Gasteiger partial charge in [-0.1, -0.05) is 62.9 Å². The first-order chi connectivity index (χ1) is 11.2. The number of benzene rings is 2. The average molecular weight is 350 g/mol. The van der Waals surface area contributed by atoms with Crippen LogP contribution < -0.4 is 5.30 Å². The minimum atomic E-state index is -4.46. The lowest BCUT2D eigenvalue weighted by molar-refractivity contribution is -0.137. The summed E-state index contributed by atoms with van der Waals surface area (Å²) in [5.41, 5.74) is 1.82. The SMILES string of the molecule is C=C=C(c1cccc(C(F)(F)F)c1)[P@@](=O)(c1ccccc1)C(C)C. The fraction of sp³-hybridized carbons (Fsp3) is 0.211. The van der Waals surface area contributed by atoms with E-state index in [4.69, 9.17) is 0 Å². The number of alkyl halides is 3. The molecule has 5 heteroatoms. The van der Waals surface area contributed by atoms with Gasteiger partial charge in [-0.15, -0.1) is 5.73 Å². The van der Waals surface area contributed by atoms with Gasteiger partial charge in [0.05, 0.1) is 10.9 Å². The van der Waals surface area contributed by atoms with Crippen molar-refractivity contribution < 1.29 is 17.7 Å². The molecule has 0 aliphatic carbocycles. The summed E-state index contributed by atoms with van der Waals surface area (Å²) in [5.74, 6) is 0. The average Bonchev–Trinajstić information content (AvgIpc) is 2.55. The summed E-state index contributed by atoms with van der Waals surface area (Å²) in [7, 11) is -3.17. The molecule has 0 N–H and O–H groups in total. The van der Waals surface area contributed by atoms with Crippen LogP contribution in [0, 0.1) is 0 Å². The molecule has 2 aromatic rings. The Labute approximate surface area is 139 Å². The van der Waals surface area contributed by atoms with E-state index < -0.39 is 18.9 Å². The largest absolute Gasteiger partial charge is 0.416 e. The van der Waals surface area contributed by atoms with Gasteiger partial charge < -0.3 is 4.57 Å². The molecule has 0 fully saturated rings. The van der Waals surface area contributed by atoms with E-state index >= 15 is 0 Å². The maximum Gasteiger partial charge on any atom is 0.416 e. The van der Waals surface area contributed by atoms with Crippen molar-refractivity contribution in [2.75, 3.05) is 0 Å². The van der Waals surface area contributed by atoms with E-state index in [2.05, 4.69) is 12.3 Å². The summed E-state index contributed by atoms with van der Waals surface area (Å²) in [4.78, 5) is 0. The van der Waals surface area contributed by atoms with Crippen molar-refractivity contribution in [3.63, 3.8) is 0 Å². The predicted octanol–water partition coefficient (Wildman–Crippen LogP) is 5.93. The van der Waals surface area contributed by atoms with Gasteiger partial charge >= 0.3 is 6.18 Å². The molecule has 1 nitrogen and oxygen atoms in total. The molecule has 2 rings (SSSR count). The third-order valence-corrected chi connectivity index (χ3v) is 7.43. The molecule has 0 heterocycles. The van der Waals surface area contributed by atoms with Crippen LogP contribution in [0.3, 0.4) is 0 Å². The molecule has 0 unspecified atom stereocenters. The number of hydrogen-bond donors (Lipinski definition) is 0. The lowest BCUT2D eigenvalue weighted by Crippen LogP contribution is -2.14. The second kappa shape index (κ2) is 6.84. The Kier molecular flexibility index (Phi) is 5.22. The molecule has 0 radical (unpaired) electrons. The Balaban J connectivity index is 2.67. The maximum absolute atomic E-state index is 13.8. The Morgan fingerprint density at radius 3 is 2.21 bits per heavy atom. The van der Waals surface area contributed by atoms with E-state index in [0.717, 1.165) is 12.1 Å². The molecule has 126 valence electrons. The summed E-state index contributed by atoms with van der Waals surface area (Å²) in [6.07, 6.45) is -4.46. The van der Waals surface area contributed by atoms with Crippen LogP contribution in [-0.4, -0.2) is 5.66 Å². The van der Waals surface area contributed by atoms with Gasteiger partial charge in [-0.2, -0.15) is 13.2 Å². The highest BCUT2D eigenvalue weighted by Crippen LogP contribution is 2.60. The smallest absolute Gasteiger partial charge is 0.313 e. The fourth-order valence-electron chi connectivity index (χ4n) is 2.59. The van der Waals surface area contributed by atoms with Crippen LogP contribution in [0.1, 0.15) is 25.0 Å². The molecule has 2 aromatic carbocycles. The monoisotopic (exact) mass is 350 g/mol. The van der Waals surface area contributed by atoms with Gasteiger partial charge in [0, 0.05) is 11.0 Å². The van der Waals surface area contributed by atoms with Crippen LogP contribution in [-0.2, 0) is 10.7 Å². The van der Waals surface area contributed by atoms with Crippen molar-refractivity contribution in [1.82, 2.24) is 0 Å². The van der Waals surface area contributed by atoms with E-state index in [-0.39, 0.29) is 16.5 Å². The number of hydrogen-bond acceptors (Lipinski definition) is 1. The second-order valence-corrected chi connectivity index (χ2v) is 9.00. The van der Waals surface area contributed by atoms with Crippen molar-refractivity contribution in [3.05, 3.63) is 78.0 Å². The standard InChI is InChI=1S/C19H18F3OP/c1-4-18(15-9-8-10-16(13-15)19(20,21)22)24(23,14(2)3)17-11-6-5-7-12-17/h5-14H,1H2,2-3H3/t24-/m0/s1. The number of rotatable bonds is 4. The van der Waals surface area contributed by atoms with Crippen molar-refractivity contribution in [2.24, 2.45) is 0 Å². The van der Waals surface area contributed by atoms with Gasteiger partial charge in [0.25, 0.3) is 0 Å². The summed E-state index contributed by atoms with van der Waals surface area (Å²) < 4.78 is 52.8. The van der Waals surface area contributed by atoms with E-state index in [1.807, 2.05) is 0 Å². The molecule has 0 aromatic heterocycles. The van der Waals surface area contributed by atoms with Crippen LogP contribution in [0.4, 0.5) is 13.2 Å². The zero-order valence-electron chi connectivity index (χ0n) is 13.5. The lowest BCUT2D eigenvalue weighted by atomic mass is 10.1. The second-order valence-electron chi connectivity index (χ2n) is 5.69. The van der Waals surface area contributed by atoms with Gasteiger partial charge in [-0.3, -0.25) is 0 Å². The first-order valence-electron chi connectivity index (χ1n) is 7.45. The van der Waals surface area contributed by atoms with Gasteiger partial charge in [0.2, 0.25) is 0 Å². The van der Waals surface area contributed by atoms with Crippen LogP contribution in [0.25, 0.3) is 5.31 Å². The molecule has 0 bridgehead atoms. The van der Waals surface area contributed by atoms with Crippen LogP contribution in [0.2, 0.25) is 0 Å². The highest BCUT2D eigenvalue weighted by Gasteiger charge is 2.36. The Morgan fingerprint density at radius 1 is 1.08 bits per heavy atom. The first kappa shape index (κ1) is 18.3. The molecule has 0 aliphatic heterocycles. The molecule has 0 saturated carbocycles. The summed E-state index contributed by atoms with van der Waals surface area (Å²) in [6.45, 7) is 7.17. The van der Waals surface area contributed by atoms with Crippen LogP contribution >= 0.6 is 7.14 Å². The van der Waals surface area contributed by atoms with Crippen LogP contribution in [0.5, 0.6) is 0 Å². The molecule has 0 saturated heterocycles. The molecule has 24 heavy (non-hydrogen) atoms. The van der Waals surface area contributed by atoms with E-state index in [1.54, 1.807) is 44.2 Å². The predicted molar refractivity (Wildman–Crippen MR) is 92.8 cm³/mol. The van der Waals surface area contributed by atoms with Gasteiger partial charge in [0.1, 0.15) is 0 Å². The van der Waals surface area contributed by atoms with E-state index in [9.17, 15) is 17.7 Å². The van der Waals surface area contributed by atoms with Gasteiger partial charge in [-0.25, -0.2) is 0 Å². The molecule has 0 amide bonds. The van der Waals surface area contributed by atoms with Crippen molar-refractivity contribution in [1.29, 1.82) is 0 Å². The zero-order chi connectivity index (χ0) is 18.0. The Bertz CT molecular complexity index is 816. The highest BCUT2D eigenvalue weighted by atomic mass is 31.2. The first-order valence-corrected chi connectivity index (χ1v) is 9.22. The fourth-order valence-corrected chi connectivity index (χ4v) is 5.33. The lowest BCUT2D eigenvalue weighted by Gasteiger charge is -2.25. The van der Waals surface area contributed by atoms with Crippen molar-refractivity contribution >= 4 is 17.8 Å². The zero-order valence-corrected chi connectivity index (χ0v) is 14.4. The molecule has 0 spiro atoms. The Hall–Kier alpha value is -2.02. The molecule has 1 atom stereocenters. The molecular formula is C19H18F3OP. The van der Waals surface area contributed by atoms with Gasteiger partial charge in [-0.05, 0) is 17.7 Å². The third-order valence-electron chi connectivity index (χ3n) is 3.83. The summed E-state index contributed by atoms with van der Waals surface area (Å²) in [5, 5.41) is 0.818. The minimum Gasteiger partial charge on any atom is -0.313 e. The van der Waals surface area contributed by atoms with Gasteiger partial charge in [0.15, 0.2) is 7.14 Å². The maximum atomic E-state index is 13.8. The van der Waals surface area contributed by atoms with E-state index in [0.29, 0.717) is 5.30 Å². The van der Waals surface area contributed by atoms with Crippen molar-refractivity contribution in [3.8, 4) is 0 Å². The quantitative estimate of drug-likeness (QED) is 0.493. The Morgan fingerprint density at radius 2 is 1.71 bits per heavy atom. The van der Waals surface area contributed by atoms with Crippen LogP contribution in [0.15, 0.2) is 66.9 Å². The normalized spacial score (nSPS) is 14.1. The number of halogens is 3. The highest BCUT2D eigenvalue weighted by molar-refractivity contribution is 7.81. The molecular weight excluding hydrogens is 332 g/mol. The van der Waals surface area contributed by atoms with E-state index in [1.165, 1.54) is 12.1 Å². The minimum absolute atomic E-state index is 0.231. The topological polar surface area (TPSA) is 17.1 Å². The summed E-state index contributed by atoms with van der Waals surface area (Å²) in [6, 6.07) is 13.6. The third kappa shape index (κ3) is 3.40. The molecule has 0 aliphatic rings. The summed E-state index contributed by atoms with van der Waals surface area (Å²) >= 11 is 0.